The normalized spacial score (nSPS) is 11.2. The van der Waals surface area contributed by atoms with Crippen molar-refractivity contribution >= 4 is 11.0 Å². The Labute approximate surface area is 124 Å². The first kappa shape index (κ1) is 13.8. The van der Waals surface area contributed by atoms with Crippen molar-refractivity contribution in [2.75, 3.05) is 6.54 Å². The zero-order valence-electron chi connectivity index (χ0n) is 12.7. The van der Waals surface area contributed by atoms with Gasteiger partial charge in [0.1, 0.15) is 12.1 Å². The van der Waals surface area contributed by atoms with Gasteiger partial charge in [-0.15, -0.1) is 0 Å². The number of fused-ring (bicyclic) bond motifs is 1. The van der Waals surface area contributed by atoms with Gasteiger partial charge in [-0.1, -0.05) is 13.0 Å². The second-order valence-corrected chi connectivity index (χ2v) is 5.31. The summed E-state index contributed by atoms with van der Waals surface area (Å²) in [6.07, 6.45) is 3.69. The van der Waals surface area contributed by atoms with Crippen LogP contribution in [0.25, 0.3) is 16.9 Å². The molecule has 0 saturated heterocycles. The molecule has 1 N–H and O–H groups in total. The molecule has 0 aliphatic rings. The maximum absolute atomic E-state index is 4.56. The lowest BCUT2D eigenvalue weighted by atomic mass is 10.1. The van der Waals surface area contributed by atoms with Gasteiger partial charge < -0.3 is 5.32 Å². The molecule has 0 unspecified atom stereocenters. The molecule has 2 heterocycles. The van der Waals surface area contributed by atoms with E-state index in [0.717, 1.165) is 29.9 Å². The summed E-state index contributed by atoms with van der Waals surface area (Å²) in [6, 6.07) is 8.40. The molecule has 3 rings (SSSR count). The van der Waals surface area contributed by atoms with Crippen LogP contribution in [0.4, 0.5) is 0 Å². The SMILES string of the molecule is CCNCc1cccnc1-n1cnc2cc(C)c(C)cc21. The highest BCUT2D eigenvalue weighted by Gasteiger charge is 2.10. The molecule has 0 spiro atoms. The van der Waals surface area contributed by atoms with E-state index in [2.05, 4.69) is 58.8 Å². The van der Waals surface area contributed by atoms with Crippen molar-refractivity contribution in [2.45, 2.75) is 27.3 Å². The summed E-state index contributed by atoms with van der Waals surface area (Å²) in [5, 5.41) is 3.36. The Kier molecular flexibility index (Phi) is 3.71. The molecule has 21 heavy (non-hydrogen) atoms. The maximum Gasteiger partial charge on any atom is 0.142 e. The molecule has 0 aliphatic heterocycles. The van der Waals surface area contributed by atoms with Crippen LogP contribution >= 0.6 is 0 Å². The number of imidazole rings is 1. The second-order valence-electron chi connectivity index (χ2n) is 5.31. The Morgan fingerprint density at radius 3 is 2.76 bits per heavy atom. The fourth-order valence-corrected chi connectivity index (χ4v) is 2.48. The van der Waals surface area contributed by atoms with Gasteiger partial charge >= 0.3 is 0 Å². The highest BCUT2D eigenvalue weighted by atomic mass is 15.1. The number of aryl methyl sites for hydroxylation is 2. The molecule has 0 fully saturated rings. The van der Waals surface area contributed by atoms with E-state index in [4.69, 9.17) is 0 Å². The molecule has 108 valence electrons. The van der Waals surface area contributed by atoms with E-state index in [-0.39, 0.29) is 0 Å². The van der Waals surface area contributed by atoms with Gasteiger partial charge in [0.05, 0.1) is 11.0 Å². The molecule has 0 aliphatic carbocycles. The zero-order valence-corrected chi connectivity index (χ0v) is 12.7. The minimum absolute atomic E-state index is 0.810. The molecule has 0 amide bonds. The Hall–Kier alpha value is -2.20. The molecule has 0 saturated carbocycles. The summed E-state index contributed by atoms with van der Waals surface area (Å²) < 4.78 is 2.08. The topological polar surface area (TPSA) is 42.7 Å². The number of nitrogens with one attached hydrogen (secondary N) is 1. The van der Waals surface area contributed by atoms with Crippen molar-refractivity contribution in [1.29, 1.82) is 0 Å². The van der Waals surface area contributed by atoms with Crippen LogP contribution in [0.5, 0.6) is 0 Å². The summed E-state index contributed by atoms with van der Waals surface area (Å²) in [5.41, 5.74) is 5.83. The van der Waals surface area contributed by atoms with E-state index in [1.54, 1.807) is 0 Å². The molecule has 3 aromatic rings. The highest BCUT2D eigenvalue weighted by Crippen LogP contribution is 2.22. The third-order valence-electron chi connectivity index (χ3n) is 3.82. The number of rotatable bonds is 4. The number of aromatic nitrogens is 3. The van der Waals surface area contributed by atoms with Crippen molar-refractivity contribution in [3.8, 4) is 5.82 Å². The molecule has 2 aromatic heterocycles. The summed E-state index contributed by atoms with van der Waals surface area (Å²) in [6.45, 7) is 8.10. The van der Waals surface area contributed by atoms with E-state index in [1.807, 2.05) is 18.6 Å². The molecule has 1 aromatic carbocycles. The van der Waals surface area contributed by atoms with Crippen LogP contribution in [0, 0.1) is 13.8 Å². The van der Waals surface area contributed by atoms with Crippen LogP contribution in [0.15, 0.2) is 36.8 Å². The first-order valence-corrected chi connectivity index (χ1v) is 7.30. The number of benzene rings is 1. The van der Waals surface area contributed by atoms with Crippen molar-refractivity contribution in [1.82, 2.24) is 19.9 Å². The monoisotopic (exact) mass is 280 g/mol. The lowest BCUT2D eigenvalue weighted by molar-refractivity contribution is 0.719. The van der Waals surface area contributed by atoms with Crippen molar-refractivity contribution in [3.05, 3.63) is 53.5 Å². The third kappa shape index (κ3) is 2.54. The summed E-state index contributed by atoms with van der Waals surface area (Å²) in [7, 11) is 0. The fraction of sp³-hybridized carbons (Fsp3) is 0.294. The summed E-state index contributed by atoms with van der Waals surface area (Å²) in [4.78, 5) is 9.08. The van der Waals surface area contributed by atoms with E-state index in [9.17, 15) is 0 Å². The van der Waals surface area contributed by atoms with Gasteiger partial charge in [-0.25, -0.2) is 9.97 Å². The minimum atomic E-state index is 0.810. The van der Waals surface area contributed by atoms with E-state index in [0.29, 0.717) is 0 Å². The van der Waals surface area contributed by atoms with Gasteiger partial charge in [0.25, 0.3) is 0 Å². The molecular formula is C17H20N4. The number of hydrogen-bond acceptors (Lipinski definition) is 3. The van der Waals surface area contributed by atoms with Gasteiger partial charge in [0, 0.05) is 18.3 Å². The van der Waals surface area contributed by atoms with Gasteiger partial charge in [-0.05, 0) is 49.7 Å². The Morgan fingerprint density at radius 2 is 1.95 bits per heavy atom. The van der Waals surface area contributed by atoms with Gasteiger partial charge in [0.15, 0.2) is 0 Å². The summed E-state index contributed by atoms with van der Waals surface area (Å²) >= 11 is 0. The van der Waals surface area contributed by atoms with Crippen molar-refractivity contribution < 1.29 is 0 Å². The second kappa shape index (κ2) is 5.66. The first-order valence-electron chi connectivity index (χ1n) is 7.30. The van der Waals surface area contributed by atoms with Gasteiger partial charge in [-0.3, -0.25) is 4.57 Å². The smallest absolute Gasteiger partial charge is 0.142 e. The molecule has 4 nitrogen and oxygen atoms in total. The lowest BCUT2D eigenvalue weighted by Gasteiger charge is -2.11. The van der Waals surface area contributed by atoms with Gasteiger partial charge in [0.2, 0.25) is 0 Å². The predicted octanol–water partition coefficient (Wildman–Crippen LogP) is 3.15. The Balaban J connectivity index is 2.14. The van der Waals surface area contributed by atoms with Crippen LogP contribution in [-0.4, -0.2) is 21.1 Å². The lowest BCUT2D eigenvalue weighted by Crippen LogP contribution is -2.14. The van der Waals surface area contributed by atoms with Gasteiger partial charge in [-0.2, -0.15) is 0 Å². The van der Waals surface area contributed by atoms with Crippen LogP contribution in [0.1, 0.15) is 23.6 Å². The van der Waals surface area contributed by atoms with E-state index < -0.39 is 0 Å². The third-order valence-corrected chi connectivity index (χ3v) is 3.82. The quantitative estimate of drug-likeness (QED) is 0.798. The summed E-state index contributed by atoms with van der Waals surface area (Å²) in [5.74, 6) is 0.948. The average Bonchev–Trinajstić information content (AvgIpc) is 2.88. The fourth-order valence-electron chi connectivity index (χ4n) is 2.48. The zero-order chi connectivity index (χ0) is 14.8. The molecule has 0 atom stereocenters. The van der Waals surface area contributed by atoms with Crippen LogP contribution < -0.4 is 5.32 Å². The van der Waals surface area contributed by atoms with E-state index >= 15 is 0 Å². The van der Waals surface area contributed by atoms with Crippen molar-refractivity contribution in [3.63, 3.8) is 0 Å². The molecular weight excluding hydrogens is 260 g/mol. The molecule has 0 bridgehead atoms. The van der Waals surface area contributed by atoms with Crippen molar-refractivity contribution in [2.24, 2.45) is 0 Å². The minimum Gasteiger partial charge on any atom is -0.313 e. The van der Waals surface area contributed by atoms with E-state index in [1.165, 1.54) is 16.7 Å². The predicted molar refractivity (Wildman–Crippen MR) is 85.7 cm³/mol. The average molecular weight is 280 g/mol. The molecule has 4 heteroatoms. The number of pyridine rings is 1. The number of hydrogen-bond donors (Lipinski definition) is 1. The number of nitrogens with zero attached hydrogens (tertiary/aromatic N) is 3. The van der Waals surface area contributed by atoms with Crippen LogP contribution in [0.3, 0.4) is 0 Å². The largest absolute Gasteiger partial charge is 0.313 e. The Morgan fingerprint density at radius 1 is 1.14 bits per heavy atom. The van der Waals surface area contributed by atoms with Crippen LogP contribution in [0.2, 0.25) is 0 Å². The highest BCUT2D eigenvalue weighted by molar-refractivity contribution is 5.79. The standard InChI is InChI=1S/C17H20N4/c1-4-18-10-14-6-5-7-19-17(14)21-11-20-15-8-12(2)13(3)9-16(15)21/h5-9,11,18H,4,10H2,1-3H3. The Bertz CT molecular complexity index is 774. The van der Waals surface area contributed by atoms with Crippen LogP contribution in [-0.2, 0) is 6.54 Å². The first-order chi connectivity index (χ1) is 10.2. The molecule has 0 radical (unpaired) electrons. The maximum atomic E-state index is 4.56.